The van der Waals surface area contributed by atoms with Gasteiger partial charge in [0, 0.05) is 32.8 Å². The number of carbonyl (C=O) groups is 1. The Morgan fingerprint density at radius 1 is 1.22 bits per heavy atom. The molecule has 0 fully saturated rings. The van der Waals surface area contributed by atoms with Gasteiger partial charge in [0.2, 0.25) is 0 Å². The molecule has 4 heteroatoms. The van der Waals surface area contributed by atoms with E-state index in [-0.39, 0.29) is 6.42 Å². The molecule has 0 aromatic carbocycles. The Hall–Kier alpha value is -0.610. The molecule has 0 saturated carbocycles. The number of carboxylic acid groups (broad SMARTS) is 1. The summed E-state index contributed by atoms with van der Waals surface area (Å²) in [7, 11) is 0. The minimum absolute atomic E-state index is 0.226. The molecule has 0 aromatic heterocycles. The number of rotatable bonds is 12. The zero-order valence-electron chi connectivity index (χ0n) is 12.2. The molecule has 0 atom stereocenters. The minimum atomic E-state index is -0.719. The lowest BCUT2D eigenvalue weighted by Crippen LogP contribution is -2.31. The van der Waals surface area contributed by atoms with Crippen molar-refractivity contribution in [3.63, 3.8) is 0 Å². The third kappa shape index (κ3) is 11.9. The molecule has 0 aliphatic heterocycles. The van der Waals surface area contributed by atoms with E-state index in [1.807, 2.05) is 0 Å². The number of hydrogen-bond donors (Lipinski definition) is 1. The van der Waals surface area contributed by atoms with Gasteiger partial charge in [0.05, 0.1) is 6.42 Å². The summed E-state index contributed by atoms with van der Waals surface area (Å²) in [6.45, 7) is 10.6. The zero-order chi connectivity index (χ0) is 13.8. The molecule has 18 heavy (non-hydrogen) atoms. The van der Waals surface area contributed by atoms with Crippen molar-refractivity contribution in [2.24, 2.45) is 5.92 Å². The number of unbranched alkanes of at least 4 members (excludes halogenated alkanes) is 1. The summed E-state index contributed by atoms with van der Waals surface area (Å²) in [4.78, 5) is 12.8. The minimum Gasteiger partial charge on any atom is -0.481 e. The normalized spacial score (nSPS) is 11.4. The molecular weight excluding hydrogens is 230 g/mol. The van der Waals surface area contributed by atoms with Crippen molar-refractivity contribution < 1.29 is 14.6 Å². The molecule has 0 aliphatic rings. The van der Waals surface area contributed by atoms with Crippen LogP contribution in [0.3, 0.4) is 0 Å². The first-order chi connectivity index (χ1) is 8.56. The molecular formula is C14H29NO3. The monoisotopic (exact) mass is 259 g/mol. The van der Waals surface area contributed by atoms with Crippen molar-refractivity contribution >= 4 is 5.97 Å². The highest BCUT2D eigenvalue weighted by atomic mass is 16.5. The van der Waals surface area contributed by atoms with Crippen LogP contribution < -0.4 is 0 Å². The van der Waals surface area contributed by atoms with Gasteiger partial charge < -0.3 is 14.7 Å². The summed E-state index contributed by atoms with van der Waals surface area (Å²) in [6.07, 6.45) is 3.49. The molecule has 0 bridgehead atoms. The maximum atomic E-state index is 10.6. The van der Waals surface area contributed by atoms with Gasteiger partial charge >= 0.3 is 5.97 Å². The highest BCUT2D eigenvalue weighted by Crippen LogP contribution is 2.02. The summed E-state index contributed by atoms with van der Waals surface area (Å²) in [5.74, 6) is -0.150. The van der Waals surface area contributed by atoms with Crippen LogP contribution >= 0.6 is 0 Å². The Balaban J connectivity index is 3.68. The number of ether oxygens (including phenoxy) is 1. The first-order valence-electron chi connectivity index (χ1n) is 7.08. The second-order valence-electron chi connectivity index (χ2n) is 5.16. The van der Waals surface area contributed by atoms with Gasteiger partial charge in [0.1, 0.15) is 0 Å². The van der Waals surface area contributed by atoms with Gasteiger partial charge in [-0.1, -0.05) is 27.2 Å². The fourth-order valence-corrected chi connectivity index (χ4v) is 1.80. The molecule has 0 saturated heterocycles. The molecule has 0 unspecified atom stereocenters. The summed E-state index contributed by atoms with van der Waals surface area (Å²) in [6, 6.07) is 0. The van der Waals surface area contributed by atoms with Gasteiger partial charge in [0.25, 0.3) is 0 Å². The molecule has 0 radical (unpaired) electrons. The Morgan fingerprint density at radius 2 is 1.89 bits per heavy atom. The maximum absolute atomic E-state index is 10.6. The lowest BCUT2D eigenvalue weighted by molar-refractivity contribution is -0.137. The van der Waals surface area contributed by atoms with E-state index in [0.29, 0.717) is 12.5 Å². The highest BCUT2D eigenvalue weighted by molar-refractivity contribution is 5.66. The lowest BCUT2D eigenvalue weighted by atomic mass is 10.2. The third-order valence-corrected chi connectivity index (χ3v) is 2.67. The van der Waals surface area contributed by atoms with Gasteiger partial charge in [-0.2, -0.15) is 0 Å². The highest BCUT2D eigenvalue weighted by Gasteiger charge is 2.09. The van der Waals surface area contributed by atoms with E-state index in [2.05, 4.69) is 25.7 Å². The SMILES string of the molecule is CCCCOCCCN(CCC(=O)O)CC(C)C. The summed E-state index contributed by atoms with van der Waals surface area (Å²) in [5, 5.41) is 8.71. The van der Waals surface area contributed by atoms with Crippen LogP contribution in [0.25, 0.3) is 0 Å². The van der Waals surface area contributed by atoms with E-state index in [9.17, 15) is 4.79 Å². The van der Waals surface area contributed by atoms with E-state index in [4.69, 9.17) is 9.84 Å². The van der Waals surface area contributed by atoms with Crippen molar-refractivity contribution in [3.8, 4) is 0 Å². The number of hydrogen-bond acceptors (Lipinski definition) is 3. The molecule has 0 rings (SSSR count). The Kier molecular flexibility index (Phi) is 11.1. The van der Waals surface area contributed by atoms with Crippen LogP contribution in [0.2, 0.25) is 0 Å². The zero-order valence-corrected chi connectivity index (χ0v) is 12.2. The number of aliphatic carboxylic acids is 1. The van der Waals surface area contributed by atoms with Crippen LogP contribution in [0.1, 0.15) is 46.5 Å². The predicted octanol–water partition coefficient (Wildman–Crippen LogP) is 2.63. The molecule has 0 heterocycles. The average Bonchev–Trinajstić information content (AvgIpc) is 2.29. The standard InChI is InChI=1S/C14H29NO3/c1-4-5-10-18-11-6-8-15(12-13(2)3)9-7-14(16)17/h13H,4-12H2,1-3H3,(H,16,17). The van der Waals surface area contributed by atoms with Crippen LogP contribution in [0.4, 0.5) is 0 Å². The average molecular weight is 259 g/mol. The predicted molar refractivity (Wildman–Crippen MR) is 73.9 cm³/mol. The first kappa shape index (κ1) is 17.4. The summed E-state index contributed by atoms with van der Waals surface area (Å²) >= 11 is 0. The maximum Gasteiger partial charge on any atom is 0.304 e. The van der Waals surface area contributed by atoms with Crippen molar-refractivity contribution in [3.05, 3.63) is 0 Å². The van der Waals surface area contributed by atoms with E-state index >= 15 is 0 Å². The van der Waals surface area contributed by atoms with E-state index in [1.54, 1.807) is 0 Å². The van der Waals surface area contributed by atoms with Crippen molar-refractivity contribution in [2.45, 2.75) is 46.5 Å². The number of nitrogens with zero attached hydrogens (tertiary/aromatic N) is 1. The molecule has 0 aromatic rings. The molecule has 1 N–H and O–H groups in total. The van der Waals surface area contributed by atoms with Gasteiger partial charge in [0.15, 0.2) is 0 Å². The van der Waals surface area contributed by atoms with Gasteiger partial charge in [-0.3, -0.25) is 4.79 Å². The molecule has 0 amide bonds. The fraction of sp³-hybridized carbons (Fsp3) is 0.929. The van der Waals surface area contributed by atoms with E-state index in [0.717, 1.165) is 45.6 Å². The van der Waals surface area contributed by atoms with E-state index in [1.165, 1.54) is 0 Å². The van der Waals surface area contributed by atoms with Crippen molar-refractivity contribution in [1.29, 1.82) is 0 Å². The lowest BCUT2D eigenvalue weighted by Gasteiger charge is -2.23. The van der Waals surface area contributed by atoms with Crippen LogP contribution in [0, 0.1) is 5.92 Å². The largest absolute Gasteiger partial charge is 0.481 e. The smallest absolute Gasteiger partial charge is 0.304 e. The Labute approximate surface area is 111 Å². The van der Waals surface area contributed by atoms with Gasteiger partial charge in [-0.05, 0) is 18.8 Å². The van der Waals surface area contributed by atoms with Crippen molar-refractivity contribution in [2.75, 3.05) is 32.8 Å². The Bertz CT molecular complexity index is 207. The quantitative estimate of drug-likeness (QED) is 0.547. The van der Waals surface area contributed by atoms with Crippen LogP contribution in [-0.4, -0.2) is 48.8 Å². The van der Waals surface area contributed by atoms with Crippen LogP contribution in [0.5, 0.6) is 0 Å². The summed E-state index contributed by atoms with van der Waals surface area (Å²) < 4.78 is 5.51. The van der Waals surface area contributed by atoms with Gasteiger partial charge in [-0.25, -0.2) is 0 Å². The van der Waals surface area contributed by atoms with Crippen LogP contribution in [-0.2, 0) is 9.53 Å². The molecule has 4 nitrogen and oxygen atoms in total. The van der Waals surface area contributed by atoms with Crippen molar-refractivity contribution in [1.82, 2.24) is 4.90 Å². The molecule has 0 spiro atoms. The second-order valence-corrected chi connectivity index (χ2v) is 5.16. The second kappa shape index (κ2) is 11.5. The van der Waals surface area contributed by atoms with E-state index < -0.39 is 5.97 Å². The molecule has 0 aliphatic carbocycles. The third-order valence-electron chi connectivity index (χ3n) is 2.67. The first-order valence-corrected chi connectivity index (χ1v) is 7.08. The van der Waals surface area contributed by atoms with Gasteiger partial charge in [-0.15, -0.1) is 0 Å². The Morgan fingerprint density at radius 3 is 2.44 bits per heavy atom. The topological polar surface area (TPSA) is 49.8 Å². The fourth-order valence-electron chi connectivity index (χ4n) is 1.80. The number of carboxylic acids is 1. The summed E-state index contributed by atoms with van der Waals surface area (Å²) in [5.41, 5.74) is 0. The molecule has 108 valence electrons. The van der Waals surface area contributed by atoms with Crippen LogP contribution in [0.15, 0.2) is 0 Å².